The topological polar surface area (TPSA) is 79.4 Å². The third-order valence-electron chi connectivity index (χ3n) is 4.43. The number of benzene rings is 1. The first-order chi connectivity index (χ1) is 12.9. The SMILES string of the molecule is CCc1ccc(S(=O)(=O)N2CSC[C@@H]2C(=O)NCCc2csc(C)n2)cc1. The second kappa shape index (κ2) is 8.72. The average molecular weight is 426 g/mol. The van der Waals surface area contributed by atoms with Crippen molar-refractivity contribution >= 4 is 39.0 Å². The van der Waals surface area contributed by atoms with E-state index in [-0.39, 0.29) is 10.8 Å². The number of rotatable bonds is 7. The van der Waals surface area contributed by atoms with Gasteiger partial charge < -0.3 is 5.32 Å². The minimum Gasteiger partial charge on any atom is -0.354 e. The summed E-state index contributed by atoms with van der Waals surface area (Å²) in [6, 6.07) is 6.21. The first kappa shape index (κ1) is 20.3. The van der Waals surface area contributed by atoms with Crippen LogP contribution in [0.2, 0.25) is 0 Å². The molecule has 0 unspecified atom stereocenters. The largest absolute Gasteiger partial charge is 0.354 e. The van der Waals surface area contributed by atoms with E-state index >= 15 is 0 Å². The van der Waals surface area contributed by atoms with Gasteiger partial charge in [0.1, 0.15) is 6.04 Å². The molecule has 27 heavy (non-hydrogen) atoms. The van der Waals surface area contributed by atoms with Gasteiger partial charge in [-0.2, -0.15) is 4.31 Å². The molecule has 1 aromatic heterocycles. The third kappa shape index (κ3) is 4.71. The van der Waals surface area contributed by atoms with E-state index in [1.54, 1.807) is 23.5 Å². The Morgan fingerprint density at radius 2 is 2.07 bits per heavy atom. The number of aryl methyl sites for hydroxylation is 2. The van der Waals surface area contributed by atoms with Crippen molar-refractivity contribution in [3.8, 4) is 0 Å². The number of thiazole rings is 1. The van der Waals surface area contributed by atoms with E-state index in [1.165, 1.54) is 16.1 Å². The van der Waals surface area contributed by atoms with E-state index in [0.29, 0.717) is 24.6 Å². The molecule has 1 aliphatic heterocycles. The molecule has 1 aliphatic rings. The van der Waals surface area contributed by atoms with Crippen LogP contribution in [-0.4, -0.2) is 47.8 Å². The molecular formula is C18H23N3O3S3. The lowest BCUT2D eigenvalue weighted by Gasteiger charge is -2.22. The Bertz CT molecular complexity index is 894. The summed E-state index contributed by atoms with van der Waals surface area (Å²) >= 11 is 3.03. The summed E-state index contributed by atoms with van der Waals surface area (Å²) < 4.78 is 27.2. The van der Waals surface area contributed by atoms with Gasteiger partial charge in [-0.25, -0.2) is 13.4 Å². The third-order valence-corrected chi connectivity index (χ3v) is 8.30. The lowest BCUT2D eigenvalue weighted by atomic mass is 10.2. The number of carbonyl (C=O) groups is 1. The normalized spacial score (nSPS) is 17.9. The molecule has 2 heterocycles. The highest BCUT2D eigenvalue weighted by molar-refractivity contribution is 8.00. The van der Waals surface area contributed by atoms with Crippen LogP contribution in [0.1, 0.15) is 23.2 Å². The quantitative estimate of drug-likeness (QED) is 0.737. The molecule has 3 rings (SSSR count). The minimum absolute atomic E-state index is 0.234. The first-order valence-corrected chi connectivity index (χ1v) is 12.3. The molecule has 1 amide bonds. The minimum atomic E-state index is -3.69. The Morgan fingerprint density at radius 1 is 1.33 bits per heavy atom. The fourth-order valence-corrected chi connectivity index (χ4v) is 6.65. The number of hydrogen-bond acceptors (Lipinski definition) is 6. The van der Waals surface area contributed by atoms with Crippen LogP contribution in [0.25, 0.3) is 0 Å². The van der Waals surface area contributed by atoms with Crippen molar-refractivity contribution < 1.29 is 13.2 Å². The number of nitrogens with one attached hydrogen (secondary N) is 1. The zero-order valence-corrected chi connectivity index (χ0v) is 17.8. The maximum atomic E-state index is 13.0. The lowest BCUT2D eigenvalue weighted by Crippen LogP contribution is -2.47. The average Bonchev–Trinajstić information content (AvgIpc) is 3.31. The Kier molecular flexibility index (Phi) is 6.56. The molecule has 1 fully saturated rings. The number of sulfonamides is 1. The molecule has 1 atom stereocenters. The molecule has 0 radical (unpaired) electrons. The summed E-state index contributed by atoms with van der Waals surface area (Å²) in [6.45, 7) is 4.41. The monoisotopic (exact) mass is 425 g/mol. The standard InChI is InChI=1S/C18H23N3O3S3/c1-3-14-4-6-16(7-5-14)27(23,24)21-12-25-11-17(21)18(22)19-9-8-15-10-26-13(2)20-15/h4-7,10,17H,3,8-9,11-12H2,1-2H3,(H,19,22)/t17-/m1/s1. The number of nitrogens with zero attached hydrogens (tertiary/aromatic N) is 2. The van der Waals surface area contributed by atoms with E-state index in [1.807, 2.05) is 31.4 Å². The summed E-state index contributed by atoms with van der Waals surface area (Å²) in [5, 5.41) is 5.83. The van der Waals surface area contributed by atoms with Crippen molar-refractivity contribution in [2.75, 3.05) is 18.2 Å². The molecule has 9 heteroatoms. The summed E-state index contributed by atoms with van der Waals surface area (Å²) in [4.78, 5) is 17.2. The van der Waals surface area contributed by atoms with Gasteiger partial charge >= 0.3 is 0 Å². The van der Waals surface area contributed by atoms with E-state index in [4.69, 9.17) is 0 Å². The summed E-state index contributed by atoms with van der Waals surface area (Å²) in [6.07, 6.45) is 1.49. The number of amides is 1. The molecular weight excluding hydrogens is 402 g/mol. The van der Waals surface area contributed by atoms with Gasteiger partial charge in [0.15, 0.2) is 0 Å². The van der Waals surface area contributed by atoms with Crippen LogP contribution in [-0.2, 0) is 27.7 Å². The molecule has 2 aromatic rings. The molecule has 1 aromatic carbocycles. The number of thioether (sulfide) groups is 1. The second-order valence-corrected chi connectivity index (χ2v) is 10.3. The Morgan fingerprint density at radius 3 is 2.70 bits per heavy atom. The second-order valence-electron chi connectivity index (χ2n) is 6.30. The van der Waals surface area contributed by atoms with E-state index < -0.39 is 16.1 Å². The summed E-state index contributed by atoms with van der Waals surface area (Å²) in [5.41, 5.74) is 2.02. The van der Waals surface area contributed by atoms with Gasteiger partial charge in [-0.15, -0.1) is 23.1 Å². The van der Waals surface area contributed by atoms with Crippen molar-refractivity contribution in [1.82, 2.24) is 14.6 Å². The Balaban J connectivity index is 1.65. The summed E-state index contributed by atoms with van der Waals surface area (Å²) in [5.74, 6) is 0.510. The highest BCUT2D eigenvalue weighted by Gasteiger charge is 2.39. The van der Waals surface area contributed by atoms with Gasteiger partial charge in [0.25, 0.3) is 0 Å². The predicted octanol–water partition coefficient (Wildman–Crippen LogP) is 2.44. The van der Waals surface area contributed by atoms with Crippen LogP contribution in [0, 0.1) is 6.92 Å². The van der Waals surface area contributed by atoms with Gasteiger partial charge in [0.2, 0.25) is 15.9 Å². The molecule has 0 spiro atoms. The van der Waals surface area contributed by atoms with Crippen LogP contribution in [0.4, 0.5) is 0 Å². The molecule has 1 saturated heterocycles. The molecule has 0 aliphatic carbocycles. The van der Waals surface area contributed by atoms with Gasteiger partial charge in [0.05, 0.1) is 21.5 Å². The fraction of sp³-hybridized carbons (Fsp3) is 0.444. The van der Waals surface area contributed by atoms with Gasteiger partial charge in [-0.1, -0.05) is 19.1 Å². The maximum Gasteiger partial charge on any atom is 0.244 e. The lowest BCUT2D eigenvalue weighted by molar-refractivity contribution is -0.123. The van der Waals surface area contributed by atoms with Gasteiger partial charge in [-0.3, -0.25) is 4.79 Å². The van der Waals surface area contributed by atoms with E-state index in [0.717, 1.165) is 22.7 Å². The smallest absolute Gasteiger partial charge is 0.244 e. The molecule has 0 bridgehead atoms. The maximum absolute atomic E-state index is 13.0. The fourth-order valence-electron chi connectivity index (χ4n) is 2.86. The van der Waals surface area contributed by atoms with Crippen LogP contribution < -0.4 is 5.32 Å². The van der Waals surface area contributed by atoms with E-state index in [2.05, 4.69) is 10.3 Å². The Labute approximate surface area is 168 Å². The zero-order valence-electron chi connectivity index (χ0n) is 15.3. The molecule has 6 nitrogen and oxygen atoms in total. The van der Waals surface area contributed by atoms with Crippen LogP contribution in [0.15, 0.2) is 34.5 Å². The van der Waals surface area contributed by atoms with Crippen molar-refractivity contribution in [2.45, 2.75) is 37.6 Å². The van der Waals surface area contributed by atoms with Crippen LogP contribution in [0.5, 0.6) is 0 Å². The van der Waals surface area contributed by atoms with Crippen LogP contribution in [0.3, 0.4) is 0 Å². The first-order valence-electron chi connectivity index (χ1n) is 8.79. The van der Waals surface area contributed by atoms with Gasteiger partial charge in [-0.05, 0) is 31.0 Å². The zero-order chi connectivity index (χ0) is 19.4. The van der Waals surface area contributed by atoms with Crippen molar-refractivity contribution in [3.05, 3.63) is 45.9 Å². The molecule has 1 N–H and O–H groups in total. The van der Waals surface area contributed by atoms with E-state index in [9.17, 15) is 13.2 Å². The molecule has 0 saturated carbocycles. The van der Waals surface area contributed by atoms with Crippen molar-refractivity contribution in [2.24, 2.45) is 0 Å². The Hall–Kier alpha value is -1.42. The predicted molar refractivity (Wildman–Crippen MR) is 110 cm³/mol. The van der Waals surface area contributed by atoms with Crippen molar-refractivity contribution in [3.63, 3.8) is 0 Å². The van der Waals surface area contributed by atoms with Gasteiger partial charge in [0, 0.05) is 24.1 Å². The highest BCUT2D eigenvalue weighted by atomic mass is 32.2. The highest BCUT2D eigenvalue weighted by Crippen LogP contribution is 2.28. The number of aromatic nitrogens is 1. The number of hydrogen-bond donors (Lipinski definition) is 1. The molecule has 146 valence electrons. The van der Waals surface area contributed by atoms with Crippen molar-refractivity contribution in [1.29, 1.82) is 0 Å². The van der Waals surface area contributed by atoms with Crippen LogP contribution >= 0.6 is 23.1 Å². The number of carbonyl (C=O) groups excluding carboxylic acids is 1. The summed E-state index contributed by atoms with van der Waals surface area (Å²) in [7, 11) is -3.69.